The molecule has 0 radical (unpaired) electrons. The van der Waals surface area contributed by atoms with E-state index in [9.17, 15) is 0 Å². The van der Waals surface area contributed by atoms with Gasteiger partial charge in [-0.25, -0.2) is 0 Å². The molecule has 2 aromatic heterocycles. The first-order chi connectivity index (χ1) is 59.2. The third-order valence-electron chi connectivity index (χ3n) is 21.7. The molecule has 0 saturated carbocycles. The van der Waals surface area contributed by atoms with Crippen molar-refractivity contribution in [3.05, 3.63) is 496 Å². The van der Waals surface area contributed by atoms with Crippen LogP contribution < -0.4 is 19.6 Å². The molecule has 0 fully saturated rings. The molecule has 0 saturated heterocycles. The Morgan fingerprint density at radius 3 is 1.05 bits per heavy atom. The van der Waals surface area contributed by atoms with Gasteiger partial charge >= 0.3 is 0 Å². The van der Waals surface area contributed by atoms with E-state index in [1.54, 1.807) is 6.20 Å². The van der Waals surface area contributed by atoms with E-state index in [0.29, 0.717) is 0 Å². The van der Waals surface area contributed by atoms with Crippen molar-refractivity contribution in [2.75, 3.05) is 19.6 Å². The Morgan fingerprint density at radius 2 is 0.517 bits per heavy atom. The standard InChI is InChI=1S/C36H28N2.C28H22N2.C27H21N.C23H19N/c1-27-14-18-34(19-15-27)38(35-20-16-30(17-21-35)31-13-8-22-37-26-31)36-24-32(28-9-4-2-5-10-28)23-33(25-36)29-11-6-3-7-12-29;1-21-7-4-12-26(17-21)30(28-15-14-22-8-2-3-9-23(22)18-28)27-13-5-10-24(19-27)25-11-6-16-29-20-25;1-20-10-9-15-24(18-20)28(23-13-3-2-4-14-23)27-25-16-7-5-11-21(25)19-22-12-6-8-17-26(22)27;1-18-14-16-21(17-15-18)24(20-10-3-2-4-11-20)23-13-7-9-19-8-5-6-12-22(19)23/h2-26H,1H3;2-20H,1H3;2-19H,1H3;2-17H,1H3. The molecule has 6 heteroatoms. The Hall–Kier alpha value is -15.5. The normalized spacial score (nSPS) is 10.8. The number of anilines is 12. The average Bonchev–Trinajstić information content (AvgIpc) is 0.748. The maximum atomic E-state index is 4.29. The van der Waals surface area contributed by atoms with E-state index in [1.807, 2.05) is 30.7 Å². The summed E-state index contributed by atoms with van der Waals surface area (Å²) in [7, 11) is 0. The second kappa shape index (κ2) is 36.5. The van der Waals surface area contributed by atoms with Crippen LogP contribution in [0.25, 0.3) is 87.6 Å². The third-order valence-corrected chi connectivity index (χ3v) is 21.7. The first kappa shape index (κ1) is 77.1. The van der Waals surface area contributed by atoms with Crippen molar-refractivity contribution in [1.29, 1.82) is 0 Å². The van der Waals surface area contributed by atoms with Gasteiger partial charge in [-0.15, -0.1) is 0 Å². The molecule has 20 rings (SSSR count). The average molecular weight is 1540 g/mol. The van der Waals surface area contributed by atoms with Crippen LogP contribution in [0.15, 0.2) is 474 Å². The molecular formula is C114H90N6. The molecule has 0 amide bonds. The zero-order chi connectivity index (χ0) is 81.4. The van der Waals surface area contributed by atoms with Crippen molar-refractivity contribution in [2.45, 2.75) is 27.7 Å². The van der Waals surface area contributed by atoms with Gasteiger partial charge in [0.25, 0.3) is 0 Å². The van der Waals surface area contributed by atoms with Gasteiger partial charge in [0.2, 0.25) is 0 Å². The Labute approximate surface area is 704 Å². The number of hydrogen-bond donors (Lipinski definition) is 0. The van der Waals surface area contributed by atoms with Crippen LogP contribution in [0.5, 0.6) is 0 Å². The Kier molecular flexibility index (Phi) is 23.5. The molecule has 120 heavy (non-hydrogen) atoms. The van der Waals surface area contributed by atoms with Crippen LogP contribution in [0.1, 0.15) is 22.3 Å². The van der Waals surface area contributed by atoms with E-state index in [4.69, 9.17) is 0 Å². The summed E-state index contributed by atoms with van der Waals surface area (Å²) in [5, 5.41) is 10.0. The maximum absolute atomic E-state index is 4.29. The van der Waals surface area contributed by atoms with Crippen molar-refractivity contribution in [2.24, 2.45) is 0 Å². The second-order valence-corrected chi connectivity index (χ2v) is 30.1. The molecule has 0 N–H and O–H groups in total. The van der Waals surface area contributed by atoms with Gasteiger partial charge in [0.15, 0.2) is 0 Å². The van der Waals surface area contributed by atoms with Crippen molar-refractivity contribution >= 4 is 111 Å². The molecule has 0 bridgehead atoms. The fraction of sp³-hybridized carbons (Fsp3) is 0.0351. The van der Waals surface area contributed by atoms with Crippen LogP contribution in [0.3, 0.4) is 0 Å². The molecule has 0 aliphatic rings. The number of fused-ring (bicyclic) bond motifs is 4. The van der Waals surface area contributed by atoms with Gasteiger partial charge in [-0.2, -0.15) is 0 Å². The molecule has 18 aromatic carbocycles. The largest absolute Gasteiger partial charge is 0.310 e. The Morgan fingerprint density at radius 1 is 0.167 bits per heavy atom. The maximum Gasteiger partial charge on any atom is 0.0618 e. The van der Waals surface area contributed by atoms with Gasteiger partial charge in [0, 0.05) is 103 Å². The minimum Gasteiger partial charge on any atom is -0.310 e. The predicted octanol–water partition coefficient (Wildman–Crippen LogP) is 31.9. The van der Waals surface area contributed by atoms with Gasteiger partial charge < -0.3 is 19.6 Å². The molecule has 0 aliphatic carbocycles. The number of rotatable bonds is 16. The summed E-state index contributed by atoms with van der Waals surface area (Å²) in [5.41, 5.74) is 28.1. The summed E-state index contributed by atoms with van der Waals surface area (Å²) in [4.78, 5) is 17.9. The van der Waals surface area contributed by atoms with E-state index < -0.39 is 0 Å². The number of pyridine rings is 2. The van der Waals surface area contributed by atoms with Crippen molar-refractivity contribution in [1.82, 2.24) is 9.97 Å². The summed E-state index contributed by atoms with van der Waals surface area (Å²) in [6, 6.07) is 159. The number of hydrogen-bond acceptors (Lipinski definition) is 6. The SMILES string of the molecule is Cc1ccc(N(c2ccc(-c3cccnc3)cc2)c2cc(-c3ccccc3)cc(-c3ccccc3)c2)cc1.Cc1ccc(N(c2ccccc2)c2cccc3ccccc23)cc1.Cc1cccc(N(c2cccc(-c3cccnc3)c2)c2ccc3ccccc3c2)c1.Cc1cccc(N(c2ccccc2)c2c3ccccc3cc3ccccc23)c1. The van der Waals surface area contributed by atoms with Gasteiger partial charge in [0.1, 0.15) is 0 Å². The van der Waals surface area contributed by atoms with E-state index in [1.165, 1.54) is 110 Å². The highest BCUT2D eigenvalue weighted by Gasteiger charge is 2.22. The summed E-state index contributed by atoms with van der Waals surface area (Å²) < 4.78 is 0. The topological polar surface area (TPSA) is 38.7 Å². The monoisotopic (exact) mass is 1540 g/mol. The van der Waals surface area contributed by atoms with Crippen LogP contribution in [0.4, 0.5) is 68.2 Å². The highest BCUT2D eigenvalue weighted by atomic mass is 15.2. The highest BCUT2D eigenvalue weighted by Crippen LogP contribution is 2.47. The molecule has 0 spiro atoms. The number of para-hydroxylation sites is 2. The fourth-order valence-corrected chi connectivity index (χ4v) is 15.8. The van der Waals surface area contributed by atoms with E-state index >= 15 is 0 Å². The van der Waals surface area contributed by atoms with E-state index in [0.717, 1.165) is 67.8 Å². The van der Waals surface area contributed by atoms with Crippen LogP contribution in [-0.2, 0) is 0 Å². The number of aromatic nitrogens is 2. The lowest BCUT2D eigenvalue weighted by molar-refractivity contribution is 1.27. The Balaban J connectivity index is 0.000000116. The van der Waals surface area contributed by atoms with Gasteiger partial charge in [-0.3, -0.25) is 9.97 Å². The molecule has 20 aromatic rings. The van der Waals surface area contributed by atoms with E-state index in [2.05, 4.69) is 494 Å². The molecule has 0 unspecified atom stereocenters. The third kappa shape index (κ3) is 17.8. The predicted molar refractivity (Wildman–Crippen MR) is 511 cm³/mol. The first-order valence-corrected chi connectivity index (χ1v) is 40.9. The number of benzene rings is 18. The summed E-state index contributed by atoms with van der Waals surface area (Å²) >= 11 is 0. The zero-order valence-corrected chi connectivity index (χ0v) is 67.7. The van der Waals surface area contributed by atoms with Crippen molar-refractivity contribution in [3.8, 4) is 44.5 Å². The van der Waals surface area contributed by atoms with Crippen LogP contribution in [0, 0.1) is 27.7 Å². The van der Waals surface area contributed by atoms with Gasteiger partial charge in [-0.1, -0.05) is 308 Å². The van der Waals surface area contributed by atoms with Crippen LogP contribution in [0.2, 0.25) is 0 Å². The van der Waals surface area contributed by atoms with Gasteiger partial charge in [-0.05, 0) is 256 Å². The van der Waals surface area contributed by atoms with Crippen LogP contribution >= 0.6 is 0 Å². The molecule has 2 heterocycles. The highest BCUT2D eigenvalue weighted by molar-refractivity contribution is 6.14. The smallest absolute Gasteiger partial charge is 0.0618 e. The molecule has 6 nitrogen and oxygen atoms in total. The van der Waals surface area contributed by atoms with Crippen molar-refractivity contribution in [3.63, 3.8) is 0 Å². The quantitative estimate of drug-likeness (QED) is 0.0898. The van der Waals surface area contributed by atoms with Crippen LogP contribution in [-0.4, -0.2) is 9.97 Å². The summed E-state index contributed by atoms with van der Waals surface area (Å²) in [5.74, 6) is 0. The van der Waals surface area contributed by atoms with Gasteiger partial charge in [0.05, 0.1) is 11.4 Å². The second-order valence-electron chi connectivity index (χ2n) is 30.1. The zero-order valence-electron chi connectivity index (χ0n) is 67.7. The Bertz CT molecular complexity index is 6690. The molecule has 576 valence electrons. The summed E-state index contributed by atoms with van der Waals surface area (Å²) in [6.07, 6.45) is 7.43. The lowest BCUT2D eigenvalue weighted by Gasteiger charge is -2.28. The minimum absolute atomic E-state index is 1.10. The first-order valence-electron chi connectivity index (χ1n) is 40.9. The molecule has 0 aliphatic heterocycles. The molecular weight excluding hydrogens is 1450 g/mol. The minimum atomic E-state index is 1.10. The van der Waals surface area contributed by atoms with Crippen molar-refractivity contribution < 1.29 is 0 Å². The fourth-order valence-electron chi connectivity index (χ4n) is 15.8. The summed E-state index contributed by atoms with van der Waals surface area (Å²) in [6.45, 7) is 8.52. The lowest BCUT2D eigenvalue weighted by Crippen LogP contribution is -2.11. The number of nitrogens with zero attached hydrogens (tertiary/aromatic N) is 6. The lowest BCUT2D eigenvalue weighted by atomic mass is 9.97. The van der Waals surface area contributed by atoms with E-state index in [-0.39, 0.29) is 0 Å². The molecule has 0 atom stereocenters. The number of aryl methyl sites for hydroxylation is 4.